The number of hydrogen-bond acceptors (Lipinski definition) is 8. The van der Waals surface area contributed by atoms with E-state index in [4.69, 9.17) is 31.1 Å². The van der Waals surface area contributed by atoms with E-state index in [1.165, 1.54) is 30.3 Å². The van der Waals surface area contributed by atoms with Crippen LogP contribution in [0.15, 0.2) is 36.4 Å². The van der Waals surface area contributed by atoms with Gasteiger partial charge in [-0.2, -0.15) is 5.26 Å². The fraction of sp³-hybridized carbons (Fsp3) is 0.286. The molecule has 0 fully saturated rings. The zero-order valence-corrected chi connectivity index (χ0v) is 17.9. The number of esters is 2. The van der Waals surface area contributed by atoms with Crippen molar-refractivity contribution in [2.45, 2.75) is 32.3 Å². The number of ether oxygens (including phenoxy) is 3. The number of carbonyl (C=O) groups excluding carboxylic acids is 2. The van der Waals surface area contributed by atoms with E-state index in [0.717, 1.165) is 13.2 Å². The van der Waals surface area contributed by atoms with Crippen LogP contribution in [0.2, 0.25) is 5.02 Å². The Bertz CT molecular complexity index is 1070. The van der Waals surface area contributed by atoms with E-state index in [0.29, 0.717) is 0 Å². The Labute approximate surface area is 183 Å². The molecule has 162 valence electrons. The molecule has 0 aliphatic rings. The van der Waals surface area contributed by atoms with Gasteiger partial charge < -0.3 is 14.2 Å². The first-order valence-electron chi connectivity index (χ1n) is 8.93. The number of nitro benzene ring substituents is 1. The molecule has 2 aromatic rings. The molecular formula is C21H19ClN2O7. The van der Waals surface area contributed by atoms with E-state index < -0.39 is 34.1 Å². The Balaban J connectivity index is 2.57. The maximum absolute atomic E-state index is 12.6. The van der Waals surface area contributed by atoms with E-state index in [9.17, 15) is 19.7 Å². The third-order valence-electron chi connectivity index (χ3n) is 3.87. The Hall–Kier alpha value is -3.64. The van der Waals surface area contributed by atoms with Crippen molar-refractivity contribution in [2.24, 2.45) is 0 Å². The molecule has 31 heavy (non-hydrogen) atoms. The van der Waals surface area contributed by atoms with E-state index in [1.54, 1.807) is 20.8 Å². The van der Waals surface area contributed by atoms with Gasteiger partial charge in [0.05, 0.1) is 28.7 Å². The molecule has 0 amide bonds. The summed E-state index contributed by atoms with van der Waals surface area (Å²) in [4.78, 5) is 35.7. The van der Waals surface area contributed by atoms with Crippen LogP contribution in [0, 0.1) is 21.4 Å². The van der Waals surface area contributed by atoms with E-state index in [2.05, 4.69) is 0 Å². The molecule has 0 saturated heterocycles. The average molecular weight is 447 g/mol. The fourth-order valence-electron chi connectivity index (χ4n) is 2.56. The highest BCUT2D eigenvalue weighted by atomic mass is 35.5. The minimum atomic E-state index is -1.49. The first kappa shape index (κ1) is 23.6. The van der Waals surface area contributed by atoms with Crippen molar-refractivity contribution in [2.75, 3.05) is 7.11 Å². The number of carbonyl (C=O) groups is 2. The Kier molecular flexibility index (Phi) is 7.20. The number of methoxy groups -OCH3 is 1. The monoisotopic (exact) mass is 446 g/mol. The third kappa shape index (κ3) is 5.93. The molecule has 10 heteroatoms. The fourth-order valence-corrected chi connectivity index (χ4v) is 2.72. The molecule has 0 spiro atoms. The van der Waals surface area contributed by atoms with Crippen LogP contribution < -0.4 is 4.74 Å². The SMILES string of the molecule is COC(=O)C(C(=O)OC(C)(C)C)c1ccc([N+](=O)[O-])c(Oc2cc(C#N)ccc2Cl)c1. The van der Waals surface area contributed by atoms with Gasteiger partial charge in [0.2, 0.25) is 5.75 Å². The molecule has 0 heterocycles. The van der Waals surface area contributed by atoms with Gasteiger partial charge in [0, 0.05) is 12.1 Å². The molecule has 9 nitrogen and oxygen atoms in total. The molecule has 0 bridgehead atoms. The first-order valence-corrected chi connectivity index (χ1v) is 9.31. The van der Waals surface area contributed by atoms with Crippen LogP contribution >= 0.6 is 11.6 Å². The highest BCUT2D eigenvalue weighted by molar-refractivity contribution is 6.32. The lowest BCUT2D eigenvalue weighted by Gasteiger charge is -2.23. The molecule has 2 rings (SSSR count). The van der Waals surface area contributed by atoms with Crippen LogP contribution in [-0.2, 0) is 19.1 Å². The first-order chi connectivity index (χ1) is 14.5. The second-order valence-corrected chi connectivity index (χ2v) is 7.74. The molecule has 0 radical (unpaired) electrons. The topological polar surface area (TPSA) is 129 Å². The van der Waals surface area contributed by atoms with Crippen LogP contribution in [-0.4, -0.2) is 29.6 Å². The van der Waals surface area contributed by atoms with Gasteiger partial charge in [0.15, 0.2) is 5.92 Å². The minimum absolute atomic E-state index is 0.00662. The number of benzene rings is 2. The molecule has 1 atom stereocenters. The maximum atomic E-state index is 12.6. The lowest BCUT2D eigenvalue weighted by molar-refractivity contribution is -0.385. The summed E-state index contributed by atoms with van der Waals surface area (Å²) in [5, 5.41) is 20.6. The molecule has 0 aliphatic heterocycles. The smallest absolute Gasteiger partial charge is 0.325 e. The molecule has 1 unspecified atom stereocenters. The molecule has 0 aromatic heterocycles. The Morgan fingerprint density at radius 2 is 1.81 bits per heavy atom. The summed E-state index contributed by atoms with van der Waals surface area (Å²) in [6, 6.07) is 9.58. The lowest BCUT2D eigenvalue weighted by atomic mass is 9.98. The summed E-state index contributed by atoms with van der Waals surface area (Å²) in [5.41, 5.74) is -1.03. The molecule has 2 aromatic carbocycles. The standard InChI is InChI=1S/C21H19ClN2O7/c1-21(2,3)31-20(26)18(19(25)29-4)13-6-8-15(24(27)28)17(10-13)30-16-9-12(11-23)5-7-14(16)22/h5-10,18H,1-4H3. The van der Waals surface area contributed by atoms with Gasteiger partial charge in [-0.25, -0.2) is 0 Å². The zero-order valence-electron chi connectivity index (χ0n) is 17.2. The number of rotatable bonds is 6. The number of nitriles is 1. The van der Waals surface area contributed by atoms with Gasteiger partial charge in [-0.1, -0.05) is 17.7 Å². The number of halogens is 1. The summed E-state index contributed by atoms with van der Waals surface area (Å²) in [6.07, 6.45) is 0. The maximum Gasteiger partial charge on any atom is 0.325 e. The van der Waals surface area contributed by atoms with Crippen molar-refractivity contribution in [3.8, 4) is 17.6 Å². The van der Waals surface area contributed by atoms with Crippen molar-refractivity contribution in [3.63, 3.8) is 0 Å². The molecule has 0 aliphatic carbocycles. The van der Waals surface area contributed by atoms with E-state index in [1.807, 2.05) is 6.07 Å². The third-order valence-corrected chi connectivity index (χ3v) is 4.19. The van der Waals surface area contributed by atoms with Crippen molar-refractivity contribution >= 4 is 29.2 Å². The Morgan fingerprint density at radius 3 is 2.35 bits per heavy atom. The molecule has 0 saturated carbocycles. The normalized spacial score (nSPS) is 11.7. The quantitative estimate of drug-likeness (QED) is 0.274. The van der Waals surface area contributed by atoms with Gasteiger partial charge in [-0.15, -0.1) is 0 Å². The second kappa shape index (κ2) is 9.45. The molecular weight excluding hydrogens is 428 g/mol. The largest absolute Gasteiger partial charge is 0.468 e. The van der Waals surface area contributed by atoms with Gasteiger partial charge in [0.25, 0.3) is 0 Å². The van der Waals surface area contributed by atoms with Crippen molar-refractivity contribution < 1.29 is 28.7 Å². The number of nitrogens with zero attached hydrogens (tertiary/aromatic N) is 2. The van der Waals surface area contributed by atoms with E-state index in [-0.39, 0.29) is 27.6 Å². The van der Waals surface area contributed by atoms with Crippen LogP contribution in [0.3, 0.4) is 0 Å². The summed E-state index contributed by atoms with van der Waals surface area (Å²) < 4.78 is 15.6. The van der Waals surface area contributed by atoms with Crippen LogP contribution in [0.25, 0.3) is 0 Å². The van der Waals surface area contributed by atoms with E-state index >= 15 is 0 Å². The predicted octanol–water partition coefficient (Wildman–Crippen LogP) is 4.51. The minimum Gasteiger partial charge on any atom is -0.468 e. The zero-order chi connectivity index (χ0) is 23.3. The van der Waals surface area contributed by atoms with Crippen molar-refractivity contribution in [3.05, 3.63) is 62.7 Å². The number of hydrogen-bond donors (Lipinski definition) is 0. The van der Waals surface area contributed by atoms with Gasteiger partial charge in [-0.05, 0) is 44.5 Å². The summed E-state index contributed by atoms with van der Waals surface area (Å²) in [6.45, 7) is 4.90. The lowest BCUT2D eigenvalue weighted by Crippen LogP contribution is -2.32. The average Bonchev–Trinajstić information content (AvgIpc) is 2.68. The van der Waals surface area contributed by atoms with Crippen molar-refractivity contribution in [1.29, 1.82) is 5.26 Å². The Morgan fingerprint density at radius 1 is 1.13 bits per heavy atom. The predicted molar refractivity (Wildman–Crippen MR) is 110 cm³/mol. The summed E-state index contributed by atoms with van der Waals surface area (Å²) in [5.74, 6) is -3.57. The highest BCUT2D eigenvalue weighted by Gasteiger charge is 2.35. The van der Waals surface area contributed by atoms with Crippen molar-refractivity contribution in [1.82, 2.24) is 0 Å². The summed E-state index contributed by atoms with van der Waals surface area (Å²) >= 11 is 6.08. The molecule has 0 N–H and O–H groups in total. The van der Waals surface area contributed by atoms with Crippen LogP contribution in [0.1, 0.15) is 37.8 Å². The van der Waals surface area contributed by atoms with Gasteiger partial charge >= 0.3 is 17.6 Å². The number of nitro groups is 1. The van der Waals surface area contributed by atoms with Gasteiger partial charge in [0.1, 0.15) is 11.4 Å². The highest BCUT2D eigenvalue weighted by Crippen LogP contribution is 2.38. The van der Waals surface area contributed by atoms with Crippen LogP contribution in [0.5, 0.6) is 11.5 Å². The second-order valence-electron chi connectivity index (χ2n) is 7.33. The van der Waals surface area contributed by atoms with Gasteiger partial charge in [-0.3, -0.25) is 19.7 Å². The summed E-state index contributed by atoms with van der Waals surface area (Å²) in [7, 11) is 1.11. The van der Waals surface area contributed by atoms with Crippen LogP contribution in [0.4, 0.5) is 5.69 Å².